The van der Waals surface area contributed by atoms with Crippen LogP contribution in [0, 0.1) is 0 Å². The van der Waals surface area contributed by atoms with Crippen molar-refractivity contribution < 1.29 is 28.6 Å². The zero-order valence-corrected chi connectivity index (χ0v) is 20.7. The van der Waals surface area contributed by atoms with Crippen LogP contribution in [0.15, 0.2) is 71.0 Å². The molecule has 0 saturated carbocycles. The van der Waals surface area contributed by atoms with E-state index in [4.69, 9.17) is 13.9 Å². The molecule has 0 bridgehead atoms. The molecule has 2 N–H and O–H groups in total. The number of likely N-dealkylation sites (tertiary alicyclic amines) is 1. The quantitative estimate of drug-likeness (QED) is 0.405. The number of hydrogen-bond acceptors (Lipinski definition) is 6. The fraction of sp³-hybridized carbons (Fsp3) is 0.379. The number of carbonyl (C=O) groups excluding carboxylic acids is 2. The Labute approximate surface area is 215 Å². The van der Waals surface area contributed by atoms with Gasteiger partial charge in [-0.3, -0.25) is 9.59 Å². The predicted molar refractivity (Wildman–Crippen MR) is 137 cm³/mol. The number of nitrogens with zero attached hydrogens (tertiary/aromatic N) is 1. The number of ether oxygens (including phenoxy) is 2. The van der Waals surface area contributed by atoms with Gasteiger partial charge in [0.2, 0.25) is 12.2 Å². The van der Waals surface area contributed by atoms with E-state index in [1.165, 1.54) is 0 Å². The minimum absolute atomic E-state index is 0.00911. The van der Waals surface area contributed by atoms with E-state index in [1.807, 2.05) is 59.5 Å². The summed E-state index contributed by atoms with van der Waals surface area (Å²) in [5, 5.41) is 13.2. The number of rotatable bonds is 10. The molecule has 2 unspecified atom stereocenters. The lowest BCUT2D eigenvalue weighted by atomic mass is 9.92. The fourth-order valence-corrected chi connectivity index (χ4v) is 4.85. The molecule has 2 aliphatic heterocycles. The van der Waals surface area contributed by atoms with Crippen molar-refractivity contribution in [2.75, 3.05) is 19.6 Å². The number of nitrogens with one attached hydrogen (secondary N) is 1. The first-order valence-electron chi connectivity index (χ1n) is 12.8. The first-order valence-corrected chi connectivity index (χ1v) is 12.8. The zero-order chi connectivity index (χ0) is 25.6. The average Bonchev–Trinajstić information content (AvgIpc) is 3.56. The predicted octanol–water partition coefficient (Wildman–Crippen LogP) is 3.98. The number of para-hydroxylation sites is 1. The van der Waals surface area contributed by atoms with E-state index in [1.54, 1.807) is 6.26 Å². The van der Waals surface area contributed by atoms with E-state index in [0.29, 0.717) is 39.0 Å². The van der Waals surface area contributed by atoms with E-state index in [0.717, 1.165) is 40.6 Å². The smallest absolute Gasteiger partial charge is 0.286 e. The van der Waals surface area contributed by atoms with E-state index in [9.17, 15) is 14.7 Å². The maximum atomic E-state index is 13.0. The first kappa shape index (κ1) is 25.0. The summed E-state index contributed by atoms with van der Waals surface area (Å²) in [6.07, 6.45) is 5.70. The summed E-state index contributed by atoms with van der Waals surface area (Å²) in [6.45, 7) is 2.19. The van der Waals surface area contributed by atoms with Crippen LogP contribution in [0.2, 0.25) is 0 Å². The summed E-state index contributed by atoms with van der Waals surface area (Å²) in [7, 11) is 0. The third-order valence-corrected chi connectivity index (χ3v) is 6.89. The number of benzene rings is 2. The summed E-state index contributed by atoms with van der Waals surface area (Å²) in [5.41, 5.74) is 3.56. The zero-order valence-electron chi connectivity index (χ0n) is 20.7. The van der Waals surface area contributed by atoms with Crippen molar-refractivity contribution in [3.05, 3.63) is 83.3 Å². The van der Waals surface area contributed by atoms with Gasteiger partial charge in [0, 0.05) is 49.3 Å². The summed E-state index contributed by atoms with van der Waals surface area (Å²) in [5.74, 6) is -0.0153. The van der Waals surface area contributed by atoms with E-state index in [2.05, 4.69) is 5.32 Å². The minimum atomic E-state index is -0.621. The van der Waals surface area contributed by atoms with E-state index in [-0.39, 0.29) is 30.1 Å². The Kier molecular flexibility index (Phi) is 7.87. The second-order valence-corrected chi connectivity index (χ2v) is 9.49. The van der Waals surface area contributed by atoms with Crippen LogP contribution in [0.1, 0.15) is 48.3 Å². The number of fused-ring (bicyclic) bond motifs is 1. The van der Waals surface area contributed by atoms with Crippen LogP contribution in [0.5, 0.6) is 0 Å². The molecular formula is C29H32N2O6. The molecule has 8 heteroatoms. The molecule has 194 valence electrons. The summed E-state index contributed by atoms with van der Waals surface area (Å²) >= 11 is 0. The lowest BCUT2D eigenvalue weighted by Crippen LogP contribution is -2.34. The monoisotopic (exact) mass is 504 g/mol. The highest BCUT2D eigenvalue weighted by Gasteiger charge is 2.30. The standard InChI is InChI=1S/C29H32N2O6/c32-17-20-8-10-21(11-9-20)18-36-28-16-22(24-19-35-25-6-2-1-5-23(24)25)15-26(37-28)29(34)30-12-4-14-31-13-3-7-27(31)33/h1-2,5-6,8-11,15,19,22,28,32H,3-4,7,12-14,16-18H2,(H,30,34). The lowest BCUT2D eigenvalue weighted by Gasteiger charge is -2.29. The van der Waals surface area contributed by atoms with Gasteiger partial charge >= 0.3 is 0 Å². The van der Waals surface area contributed by atoms with Crippen molar-refractivity contribution in [2.45, 2.75) is 51.1 Å². The number of amides is 2. The molecule has 3 heterocycles. The van der Waals surface area contributed by atoms with Crippen LogP contribution in [-0.4, -0.2) is 47.7 Å². The van der Waals surface area contributed by atoms with E-state index < -0.39 is 6.29 Å². The topological polar surface area (TPSA) is 101 Å². The Morgan fingerprint density at radius 1 is 1.14 bits per heavy atom. The number of hydrogen-bond donors (Lipinski definition) is 2. The third-order valence-electron chi connectivity index (χ3n) is 6.89. The number of furan rings is 1. The van der Waals surface area contributed by atoms with Crippen molar-refractivity contribution in [2.24, 2.45) is 0 Å². The SMILES string of the molecule is O=C(NCCCN1CCCC1=O)C1=CC(c2coc3ccccc23)CC(OCc2ccc(CO)cc2)O1. The molecule has 2 atom stereocenters. The molecule has 3 aromatic rings. The molecule has 1 fully saturated rings. The Morgan fingerprint density at radius 2 is 1.95 bits per heavy atom. The number of aliphatic hydroxyl groups is 1. The average molecular weight is 505 g/mol. The number of allylic oxidation sites excluding steroid dienone is 1. The van der Waals surface area contributed by atoms with Crippen LogP contribution in [0.25, 0.3) is 11.0 Å². The van der Waals surface area contributed by atoms with Crippen molar-refractivity contribution in [1.29, 1.82) is 0 Å². The molecule has 1 saturated heterocycles. The molecule has 1 aromatic heterocycles. The maximum absolute atomic E-state index is 13.0. The Hall–Kier alpha value is -3.62. The van der Waals surface area contributed by atoms with Crippen LogP contribution in [-0.2, 0) is 32.3 Å². The molecule has 0 radical (unpaired) electrons. The molecule has 8 nitrogen and oxygen atoms in total. The second kappa shape index (κ2) is 11.6. The summed E-state index contributed by atoms with van der Waals surface area (Å²) in [4.78, 5) is 26.7. The molecule has 0 aliphatic carbocycles. The van der Waals surface area contributed by atoms with Crippen molar-refractivity contribution in [3.8, 4) is 0 Å². The molecule has 37 heavy (non-hydrogen) atoms. The highest BCUT2D eigenvalue weighted by atomic mass is 16.7. The Bertz CT molecular complexity index is 1260. The van der Waals surface area contributed by atoms with Crippen molar-refractivity contribution in [1.82, 2.24) is 10.2 Å². The van der Waals surface area contributed by atoms with Gasteiger partial charge < -0.3 is 29.2 Å². The van der Waals surface area contributed by atoms with E-state index >= 15 is 0 Å². The Morgan fingerprint density at radius 3 is 2.73 bits per heavy atom. The fourth-order valence-electron chi connectivity index (χ4n) is 4.85. The summed E-state index contributed by atoms with van der Waals surface area (Å²) in [6, 6.07) is 15.4. The minimum Gasteiger partial charge on any atom is -0.464 e. The molecule has 0 spiro atoms. The summed E-state index contributed by atoms with van der Waals surface area (Å²) < 4.78 is 17.8. The van der Waals surface area contributed by atoms with Gasteiger partial charge in [-0.1, -0.05) is 42.5 Å². The highest BCUT2D eigenvalue weighted by molar-refractivity contribution is 5.92. The molecule has 2 amide bonds. The van der Waals surface area contributed by atoms with Crippen LogP contribution >= 0.6 is 0 Å². The maximum Gasteiger partial charge on any atom is 0.286 e. The van der Waals surface area contributed by atoms with Crippen molar-refractivity contribution in [3.63, 3.8) is 0 Å². The van der Waals surface area contributed by atoms with Gasteiger partial charge in [0.05, 0.1) is 19.5 Å². The molecule has 5 rings (SSSR count). The van der Waals surface area contributed by atoms with Gasteiger partial charge in [-0.2, -0.15) is 0 Å². The Balaban J connectivity index is 1.26. The van der Waals surface area contributed by atoms with Gasteiger partial charge in [-0.25, -0.2) is 0 Å². The van der Waals surface area contributed by atoms with Crippen LogP contribution < -0.4 is 5.32 Å². The molecule has 2 aromatic carbocycles. The van der Waals surface area contributed by atoms with Gasteiger partial charge in [-0.15, -0.1) is 0 Å². The number of carbonyl (C=O) groups is 2. The third kappa shape index (κ3) is 6.03. The van der Waals surface area contributed by atoms with Crippen LogP contribution in [0.3, 0.4) is 0 Å². The second-order valence-electron chi connectivity index (χ2n) is 9.49. The lowest BCUT2D eigenvalue weighted by molar-refractivity contribution is -0.150. The normalized spacial score (nSPS) is 19.6. The van der Waals surface area contributed by atoms with Gasteiger partial charge in [0.1, 0.15) is 5.58 Å². The molecule has 2 aliphatic rings. The van der Waals surface area contributed by atoms with Crippen molar-refractivity contribution >= 4 is 22.8 Å². The largest absolute Gasteiger partial charge is 0.464 e. The first-order chi connectivity index (χ1) is 18.1. The molecular weight excluding hydrogens is 472 g/mol. The highest BCUT2D eigenvalue weighted by Crippen LogP contribution is 2.36. The number of aliphatic hydroxyl groups excluding tert-OH is 1. The van der Waals surface area contributed by atoms with Gasteiger partial charge in [0.25, 0.3) is 5.91 Å². The van der Waals surface area contributed by atoms with Crippen LogP contribution in [0.4, 0.5) is 0 Å². The van der Waals surface area contributed by atoms with Gasteiger partial charge in [0.15, 0.2) is 5.76 Å². The van der Waals surface area contributed by atoms with Gasteiger partial charge in [-0.05, 0) is 36.1 Å².